The summed E-state index contributed by atoms with van der Waals surface area (Å²) in [7, 11) is 0. The van der Waals surface area contributed by atoms with E-state index in [0.29, 0.717) is 11.4 Å². The molecule has 0 unspecified atom stereocenters. The lowest BCUT2D eigenvalue weighted by molar-refractivity contribution is -0.123. The molecule has 0 radical (unpaired) electrons. The van der Waals surface area contributed by atoms with Crippen LogP contribution in [-0.2, 0) is 4.79 Å². The first-order valence-corrected chi connectivity index (χ1v) is 6.67. The Labute approximate surface area is 120 Å². The van der Waals surface area contributed by atoms with Crippen molar-refractivity contribution in [3.8, 4) is 0 Å². The summed E-state index contributed by atoms with van der Waals surface area (Å²) in [5, 5.41) is 8.29. The Kier molecular flexibility index (Phi) is 5.13. The molecule has 1 aromatic rings. The summed E-state index contributed by atoms with van der Waals surface area (Å²) in [5.41, 5.74) is 0.949. The molecule has 0 saturated heterocycles. The highest BCUT2D eigenvalue weighted by Gasteiger charge is 2.20. The van der Waals surface area contributed by atoms with E-state index in [1.54, 1.807) is 24.3 Å². The van der Waals surface area contributed by atoms with Gasteiger partial charge in [0.1, 0.15) is 0 Å². The van der Waals surface area contributed by atoms with E-state index in [1.807, 2.05) is 34.6 Å². The lowest BCUT2D eigenvalue weighted by Gasteiger charge is -2.17. The number of benzene rings is 1. The molecule has 5 heteroatoms. The topological polar surface area (TPSA) is 70.2 Å². The molecule has 0 atom stereocenters. The smallest absolute Gasteiger partial charge is 0.319 e. The van der Waals surface area contributed by atoms with E-state index >= 15 is 0 Å². The van der Waals surface area contributed by atoms with Gasteiger partial charge in [-0.05, 0) is 38.1 Å². The average molecular weight is 277 g/mol. The van der Waals surface area contributed by atoms with Gasteiger partial charge in [0.05, 0.1) is 0 Å². The van der Waals surface area contributed by atoms with Crippen LogP contribution >= 0.6 is 0 Å². The summed E-state index contributed by atoms with van der Waals surface area (Å²) in [5.74, 6) is -0.0456. The number of hydrogen-bond acceptors (Lipinski definition) is 2. The number of amides is 3. The Bertz CT molecular complexity index is 473. The molecule has 0 fully saturated rings. The molecule has 5 nitrogen and oxygen atoms in total. The standard InChI is InChI=1S/C15H23N3O2/c1-10(2)16-14(20)18-12-8-6-11(7-9-12)17-13(19)15(3,4)5/h6-10H,1-5H3,(H,17,19)(H2,16,18,20). The maximum atomic E-state index is 11.8. The van der Waals surface area contributed by atoms with Crippen molar-refractivity contribution in [2.75, 3.05) is 10.6 Å². The van der Waals surface area contributed by atoms with Crippen LogP contribution in [-0.4, -0.2) is 18.0 Å². The van der Waals surface area contributed by atoms with Gasteiger partial charge >= 0.3 is 6.03 Å². The molecular weight excluding hydrogens is 254 g/mol. The zero-order valence-corrected chi connectivity index (χ0v) is 12.7. The number of rotatable bonds is 3. The van der Waals surface area contributed by atoms with Crippen LogP contribution in [0, 0.1) is 5.41 Å². The Morgan fingerprint density at radius 2 is 1.40 bits per heavy atom. The van der Waals surface area contributed by atoms with E-state index in [2.05, 4.69) is 16.0 Å². The zero-order valence-electron chi connectivity index (χ0n) is 12.7. The number of nitrogens with one attached hydrogen (secondary N) is 3. The van der Waals surface area contributed by atoms with Crippen molar-refractivity contribution in [2.45, 2.75) is 40.7 Å². The predicted molar refractivity (Wildman–Crippen MR) is 81.8 cm³/mol. The molecule has 0 aliphatic carbocycles. The third-order valence-electron chi connectivity index (χ3n) is 2.50. The third kappa shape index (κ3) is 5.30. The summed E-state index contributed by atoms with van der Waals surface area (Å²) < 4.78 is 0. The second-order valence-corrected chi connectivity index (χ2v) is 6.03. The van der Waals surface area contributed by atoms with Crippen LogP contribution in [0.2, 0.25) is 0 Å². The molecule has 3 N–H and O–H groups in total. The second-order valence-electron chi connectivity index (χ2n) is 6.03. The fourth-order valence-electron chi connectivity index (χ4n) is 1.38. The number of urea groups is 1. The Morgan fingerprint density at radius 3 is 1.80 bits per heavy atom. The quantitative estimate of drug-likeness (QED) is 0.794. The summed E-state index contributed by atoms with van der Waals surface area (Å²) in [6.07, 6.45) is 0. The highest BCUT2D eigenvalue weighted by atomic mass is 16.2. The molecule has 0 aliphatic heterocycles. The Balaban J connectivity index is 2.61. The molecule has 1 aromatic carbocycles. The molecule has 20 heavy (non-hydrogen) atoms. The Hall–Kier alpha value is -2.04. The first kappa shape index (κ1) is 16.0. The average Bonchev–Trinajstić information content (AvgIpc) is 2.29. The second kappa shape index (κ2) is 6.41. The first-order valence-electron chi connectivity index (χ1n) is 6.67. The molecule has 0 heterocycles. The lowest BCUT2D eigenvalue weighted by Crippen LogP contribution is -2.34. The van der Waals surface area contributed by atoms with Crippen LogP contribution in [0.4, 0.5) is 16.2 Å². The summed E-state index contributed by atoms with van der Waals surface area (Å²) in [6, 6.07) is 6.85. The number of hydrogen-bond donors (Lipinski definition) is 3. The lowest BCUT2D eigenvalue weighted by atomic mass is 9.95. The van der Waals surface area contributed by atoms with Crippen molar-refractivity contribution in [1.29, 1.82) is 0 Å². The van der Waals surface area contributed by atoms with Gasteiger partial charge in [-0.3, -0.25) is 4.79 Å². The van der Waals surface area contributed by atoms with Crippen LogP contribution < -0.4 is 16.0 Å². The first-order chi connectivity index (χ1) is 9.18. The molecule has 3 amide bonds. The number of carbonyl (C=O) groups excluding carboxylic acids is 2. The van der Waals surface area contributed by atoms with E-state index in [1.165, 1.54) is 0 Å². The van der Waals surface area contributed by atoms with Crippen molar-refractivity contribution in [1.82, 2.24) is 5.32 Å². The molecule has 0 bridgehead atoms. The van der Waals surface area contributed by atoms with Crippen LogP contribution in [0.1, 0.15) is 34.6 Å². The Morgan fingerprint density at radius 1 is 0.950 bits per heavy atom. The van der Waals surface area contributed by atoms with E-state index in [0.717, 1.165) is 0 Å². The summed E-state index contributed by atoms with van der Waals surface area (Å²) in [6.45, 7) is 9.35. The van der Waals surface area contributed by atoms with Crippen LogP contribution in [0.5, 0.6) is 0 Å². The van der Waals surface area contributed by atoms with Gasteiger partial charge in [-0.15, -0.1) is 0 Å². The van der Waals surface area contributed by atoms with Crippen molar-refractivity contribution >= 4 is 23.3 Å². The van der Waals surface area contributed by atoms with Gasteiger partial charge in [-0.25, -0.2) is 4.79 Å². The fourth-order valence-corrected chi connectivity index (χ4v) is 1.38. The monoisotopic (exact) mass is 277 g/mol. The van der Waals surface area contributed by atoms with Crippen molar-refractivity contribution in [2.24, 2.45) is 5.41 Å². The highest BCUT2D eigenvalue weighted by molar-refractivity contribution is 5.95. The molecular formula is C15H23N3O2. The maximum Gasteiger partial charge on any atom is 0.319 e. The van der Waals surface area contributed by atoms with Crippen LogP contribution in [0.25, 0.3) is 0 Å². The molecule has 0 saturated carbocycles. The van der Waals surface area contributed by atoms with Gasteiger partial charge in [0, 0.05) is 22.8 Å². The zero-order chi connectivity index (χ0) is 15.3. The van der Waals surface area contributed by atoms with Gasteiger partial charge in [-0.1, -0.05) is 20.8 Å². The van der Waals surface area contributed by atoms with Gasteiger partial charge < -0.3 is 16.0 Å². The van der Waals surface area contributed by atoms with Gasteiger partial charge in [0.15, 0.2) is 0 Å². The summed E-state index contributed by atoms with van der Waals surface area (Å²) in [4.78, 5) is 23.4. The minimum Gasteiger partial charge on any atom is -0.336 e. The molecule has 110 valence electrons. The van der Waals surface area contributed by atoms with Crippen molar-refractivity contribution in [3.63, 3.8) is 0 Å². The number of carbonyl (C=O) groups is 2. The fraction of sp³-hybridized carbons (Fsp3) is 0.467. The van der Waals surface area contributed by atoms with E-state index in [9.17, 15) is 9.59 Å². The molecule has 0 aliphatic rings. The molecule has 0 spiro atoms. The normalized spacial score (nSPS) is 11.1. The minimum absolute atomic E-state index is 0.0456. The van der Waals surface area contributed by atoms with E-state index in [-0.39, 0.29) is 18.0 Å². The minimum atomic E-state index is -0.436. The van der Waals surface area contributed by atoms with Gasteiger partial charge in [0.2, 0.25) is 5.91 Å². The van der Waals surface area contributed by atoms with Crippen molar-refractivity contribution in [3.05, 3.63) is 24.3 Å². The largest absolute Gasteiger partial charge is 0.336 e. The van der Waals surface area contributed by atoms with Crippen LogP contribution in [0.15, 0.2) is 24.3 Å². The summed E-state index contributed by atoms with van der Waals surface area (Å²) >= 11 is 0. The molecule has 1 rings (SSSR count). The maximum absolute atomic E-state index is 11.8. The third-order valence-corrected chi connectivity index (χ3v) is 2.50. The van der Waals surface area contributed by atoms with Crippen LogP contribution in [0.3, 0.4) is 0 Å². The van der Waals surface area contributed by atoms with Gasteiger partial charge in [0.25, 0.3) is 0 Å². The SMILES string of the molecule is CC(C)NC(=O)Nc1ccc(NC(=O)C(C)(C)C)cc1. The van der Waals surface area contributed by atoms with E-state index < -0.39 is 5.41 Å². The van der Waals surface area contributed by atoms with E-state index in [4.69, 9.17) is 0 Å². The van der Waals surface area contributed by atoms with Crippen molar-refractivity contribution < 1.29 is 9.59 Å². The highest BCUT2D eigenvalue weighted by Crippen LogP contribution is 2.18. The number of anilines is 2. The molecule has 0 aromatic heterocycles. The predicted octanol–water partition coefficient (Wildman–Crippen LogP) is 3.20. The van der Waals surface area contributed by atoms with Gasteiger partial charge in [-0.2, -0.15) is 0 Å².